The normalized spacial score (nSPS) is 16.8. The van der Waals surface area contributed by atoms with Crippen molar-refractivity contribution < 1.29 is 27.5 Å². The molecular formula is C23H29N3O6S. The smallest absolute Gasteiger partial charge is 0.309 e. The van der Waals surface area contributed by atoms with E-state index < -0.39 is 28.1 Å². The zero-order chi connectivity index (χ0) is 24.0. The van der Waals surface area contributed by atoms with E-state index in [0.717, 1.165) is 11.1 Å². The van der Waals surface area contributed by atoms with Crippen LogP contribution >= 0.6 is 0 Å². The first-order valence-electron chi connectivity index (χ1n) is 10.6. The van der Waals surface area contributed by atoms with Crippen LogP contribution in [0.2, 0.25) is 0 Å². The first-order valence-corrected chi connectivity index (χ1v) is 12.1. The Balaban J connectivity index is 1.61. The van der Waals surface area contributed by atoms with Crippen LogP contribution in [0.15, 0.2) is 47.4 Å². The van der Waals surface area contributed by atoms with Gasteiger partial charge in [0, 0.05) is 13.1 Å². The number of carbonyl (C=O) groups excluding carboxylic acids is 2. The van der Waals surface area contributed by atoms with Crippen LogP contribution in [0.1, 0.15) is 23.1 Å². The Bertz CT molecular complexity index is 1100. The van der Waals surface area contributed by atoms with E-state index in [9.17, 15) is 18.0 Å². The number of amides is 2. The quantitative estimate of drug-likeness (QED) is 0.587. The van der Waals surface area contributed by atoms with Gasteiger partial charge in [-0.3, -0.25) is 9.59 Å². The van der Waals surface area contributed by atoms with E-state index in [2.05, 4.69) is 10.6 Å². The summed E-state index contributed by atoms with van der Waals surface area (Å²) in [7, 11) is -2.36. The van der Waals surface area contributed by atoms with Gasteiger partial charge in [-0.1, -0.05) is 29.8 Å². The fourth-order valence-electron chi connectivity index (χ4n) is 3.48. The number of methoxy groups -OCH3 is 1. The lowest BCUT2D eigenvalue weighted by atomic mass is 10.1. The van der Waals surface area contributed by atoms with Gasteiger partial charge in [-0.25, -0.2) is 8.42 Å². The average Bonchev–Trinajstić information content (AvgIpc) is 2.82. The van der Waals surface area contributed by atoms with Gasteiger partial charge in [-0.15, -0.1) is 0 Å². The topological polar surface area (TPSA) is 114 Å². The minimum atomic E-state index is -3.88. The van der Waals surface area contributed by atoms with Gasteiger partial charge in [0.15, 0.2) is 0 Å². The molecule has 0 bridgehead atoms. The average molecular weight is 476 g/mol. The van der Waals surface area contributed by atoms with Crippen molar-refractivity contribution in [1.82, 2.24) is 14.9 Å². The second-order valence-electron chi connectivity index (χ2n) is 7.80. The third-order valence-corrected chi connectivity index (χ3v) is 7.23. The Morgan fingerprint density at radius 2 is 1.79 bits per heavy atom. The maximum absolute atomic E-state index is 13.2. The molecule has 178 valence electrons. The molecule has 9 nitrogen and oxygen atoms in total. The van der Waals surface area contributed by atoms with E-state index in [1.165, 1.54) is 23.5 Å². The van der Waals surface area contributed by atoms with E-state index in [1.807, 2.05) is 31.2 Å². The highest BCUT2D eigenvalue weighted by Crippen LogP contribution is 2.26. The van der Waals surface area contributed by atoms with Crippen LogP contribution in [0.25, 0.3) is 0 Å². The van der Waals surface area contributed by atoms with E-state index >= 15 is 0 Å². The number of aryl methyl sites for hydroxylation is 2. The molecule has 1 aliphatic rings. The first kappa shape index (κ1) is 24.7. The van der Waals surface area contributed by atoms with Gasteiger partial charge in [0.05, 0.1) is 25.2 Å². The number of carbonyl (C=O) groups is 2. The highest BCUT2D eigenvalue weighted by molar-refractivity contribution is 7.89. The van der Waals surface area contributed by atoms with E-state index in [-0.39, 0.29) is 24.5 Å². The van der Waals surface area contributed by atoms with Crippen molar-refractivity contribution in [2.24, 2.45) is 0 Å². The summed E-state index contributed by atoms with van der Waals surface area (Å²) in [6.07, 6.45) is -0.393. The number of hydrogen-bond acceptors (Lipinski definition) is 6. The molecule has 2 amide bonds. The molecular weight excluding hydrogens is 446 g/mol. The fourth-order valence-corrected chi connectivity index (χ4v) is 5.13. The number of hydrogen-bond donors (Lipinski definition) is 2. The van der Waals surface area contributed by atoms with Crippen molar-refractivity contribution in [2.45, 2.75) is 37.9 Å². The van der Waals surface area contributed by atoms with Gasteiger partial charge in [-0.2, -0.15) is 4.31 Å². The molecule has 10 heteroatoms. The van der Waals surface area contributed by atoms with Crippen molar-refractivity contribution >= 4 is 21.8 Å². The maximum Gasteiger partial charge on any atom is 0.309 e. The molecule has 0 saturated carbocycles. The lowest BCUT2D eigenvalue weighted by Crippen LogP contribution is -2.53. The molecule has 2 N–H and O–H groups in total. The van der Waals surface area contributed by atoms with Crippen molar-refractivity contribution in [2.75, 3.05) is 26.8 Å². The van der Waals surface area contributed by atoms with Gasteiger partial charge in [0.25, 0.3) is 0 Å². The largest absolute Gasteiger partial charge is 0.496 e. The third-order valence-electron chi connectivity index (χ3n) is 5.34. The second-order valence-corrected chi connectivity index (χ2v) is 9.70. The highest BCUT2D eigenvalue weighted by atomic mass is 32.2. The summed E-state index contributed by atoms with van der Waals surface area (Å²) >= 11 is 0. The summed E-state index contributed by atoms with van der Waals surface area (Å²) in [5, 5.41) is 5.03. The molecule has 0 aliphatic carbocycles. The Kier molecular flexibility index (Phi) is 8.06. The van der Waals surface area contributed by atoms with Crippen LogP contribution in [0.3, 0.4) is 0 Å². The number of nitrogens with zero attached hydrogens (tertiary/aromatic N) is 1. The molecule has 2 aromatic rings. The molecule has 33 heavy (non-hydrogen) atoms. The molecule has 0 spiro atoms. The molecule has 1 heterocycles. The van der Waals surface area contributed by atoms with E-state index in [1.54, 1.807) is 13.0 Å². The van der Waals surface area contributed by atoms with Gasteiger partial charge >= 0.3 is 11.8 Å². The first-order chi connectivity index (χ1) is 15.7. The summed E-state index contributed by atoms with van der Waals surface area (Å²) in [5.41, 5.74) is 2.65. The Morgan fingerprint density at radius 1 is 1.09 bits per heavy atom. The molecule has 2 aromatic carbocycles. The molecule has 0 unspecified atom stereocenters. The number of ether oxygens (including phenoxy) is 2. The van der Waals surface area contributed by atoms with Crippen LogP contribution in [0, 0.1) is 13.8 Å². The number of sulfonamides is 1. The van der Waals surface area contributed by atoms with Gasteiger partial charge < -0.3 is 20.1 Å². The van der Waals surface area contributed by atoms with E-state index in [4.69, 9.17) is 9.47 Å². The number of rotatable bonds is 7. The third kappa shape index (κ3) is 6.10. The van der Waals surface area contributed by atoms with Gasteiger partial charge in [0.1, 0.15) is 12.0 Å². The Labute approximate surface area is 194 Å². The summed E-state index contributed by atoms with van der Waals surface area (Å²) in [6.45, 7) is 4.39. The minimum absolute atomic E-state index is 0.110. The minimum Gasteiger partial charge on any atom is -0.496 e. The van der Waals surface area contributed by atoms with Crippen LogP contribution in [-0.2, 0) is 30.9 Å². The van der Waals surface area contributed by atoms with Crippen molar-refractivity contribution in [3.63, 3.8) is 0 Å². The monoisotopic (exact) mass is 475 g/mol. The SMILES string of the molecule is COc1ccc(S(=O)(=O)N2CCCO[C@H]2CNC(=O)C(=O)NCc2ccc(C)cc2)cc1C. The summed E-state index contributed by atoms with van der Waals surface area (Å²) in [6, 6.07) is 12.2. The van der Waals surface area contributed by atoms with Crippen LogP contribution in [0.5, 0.6) is 5.75 Å². The van der Waals surface area contributed by atoms with Crippen molar-refractivity contribution in [3.05, 3.63) is 59.2 Å². The van der Waals surface area contributed by atoms with Crippen molar-refractivity contribution in [1.29, 1.82) is 0 Å². The van der Waals surface area contributed by atoms with Crippen LogP contribution < -0.4 is 15.4 Å². The molecule has 0 aromatic heterocycles. The predicted octanol–water partition coefficient (Wildman–Crippen LogP) is 1.48. The standard InChI is InChI=1S/C23H29N3O6S/c1-16-5-7-18(8-6-16)14-24-22(27)23(28)25-15-21-26(11-4-12-32-21)33(29,30)19-9-10-20(31-3)17(2)13-19/h5-10,13,21H,4,11-12,14-15H2,1-3H3,(H,24,27)(H,25,28)/t21-/m0/s1. The molecule has 1 fully saturated rings. The summed E-state index contributed by atoms with van der Waals surface area (Å²) in [5.74, 6) is -1.06. The molecule has 1 saturated heterocycles. The Morgan fingerprint density at radius 3 is 2.45 bits per heavy atom. The molecule has 1 aliphatic heterocycles. The Hall–Kier alpha value is -2.95. The predicted molar refractivity (Wildman–Crippen MR) is 122 cm³/mol. The molecule has 0 radical (unpaired) electrons. The number of benzene rings is 2. The highest BCUT2D eigenvalue weighted by Gasteiger charge is 2.35. The van der Waals surface area contributed by atoms with Gasteiger partial charge in [0.2, 0.25) is 10.0 Å². The van der Waals surface area contributed by atoms with Crippen LogP contribution in [-0.4, -0.2) is 57.6 Å². The molecule has 3 rings (SSSR count). The molecule has 1 atom stereocenters. The van der Waals surface area contributed by atoms with E-state index in [0.29, 0.717) is 24.3 Å². The number of nitrogens with one attached hydrogen (secondary N) is 2. The lowest BCUT2D eigenvalue weighted by Gasteiger charge is -2.34. The second kappa shape index (κ2) is 10.8. The van der Waals surface area contributed by atoms with Crippen molar-refractivity contribution in [3.8, 4) is 5.75 Å². The zero-order valence-electron chi connectivity index (χ0n) is 19.0. The maximum atomic E-state index is 13.2. The lowest BCUT2D eigenvalue weighted by molar-refractivity contribution is -0.140. The fraction of sp³-hybridized carbons (Fsp3) is 0.391. The zero-order valence-corrected chi connectivity index (χ0v) is 19.8. The van der Waals surface area contributed by atoms with Crippen LogP contribution in [0.4, 0.5) is 0 Å². The van der Waals surface area contributed by atoms with Gasteiger partial charge in [-0.05, 0) is 49.6 Å². The summed E-state index contributed by atoms with van der Waals surface area (Å²) < 4.78 is 38.5. The summed E-state index contributed by atoms with van der Waals surface area (Å²) in [4.78, 5) is 24.5.